The van der Waals surface area contributed by atoms with Crippen LogP contribution in [0.2, 0.25) is 0 Å². The third-order valence-electron chi connectivity index (χ3n) is 1.52. The molecule has 0 aliphatic heterocycles. The minimum absolute atomic E-state index is 0.105. The van der Waals surface area contributed by atoms with Gasteiger partial charge in [-0.3, -0.25) is 9.59 Å². The Morgan fingerprint density at radius 1 is 1.53 bits per heavy atom. The number of ether oxygens (including phenoxy) is 1. The Balaban J connectivity index is 2.64. The van der Waals surface area contributed by atoms with Crippen molar-refractivity contribution < 1.29 is 14.3 Å². The summed E-state index contributed by atoms with van der Waals surface area (Å²) < 4.78 is 5.89. The molecule has 82 valence electrons. The SMILES string of the molecule is CCOC(=O)Cn1nnnc1CC(N)=O. The van der Waals surface area contributed by atoms with E-state index >= 15 is 0 Å². The zero-order valence-corrected chi connectivity index (χ0v) is 8.21. The average molecular weight is 213 g/mol. The van der Waals surface area contributed by atoms with Gasteiger partial charge in [0.05, 0.1) is 13.0 Å². The average Bonchev–Trinajstić information content (AvgIpc) is 2.52. The van der Waals surface area contributed by atoms with Crippen molar-refractivity contribution in [3.63, 3.8) is 0 Å². The fourth-order valence-corrected chi connectivity index (χ4v) is 0.957. The van der Waals surface area contributed by atoms with Gasteiger partial charge >= 0.3 is 5.97 Å². The quantitative estimate of drug-likeness (QED) is 0.581. The third kappa shape index (κ3) is 3.33. The van der Waals surface area contributed by atoms with Crippen molar-refractivity contribution in [3.05, 3.63) is 5.82 Å². The highest BCUT2D eigenvalue weighted by Gasteiger charge is 2.12. The topological polar surface area (TPSA) is 113 Å². The van der Waals surface area contributed by atoms with Gasteiger partial charge in [0, 0.05) is 0 Å². The highest BCUT2D eigenvalue weighted by molar-refractivity contribution is 5.75. The Kier molecular flexibility index (Phi) is 3.72. The first-order valence-electron chi connectivity index (χ1n) is 4.32. The number of primary amides is 1. The molecule has 2 N–H and O–H groups in total. The summed E-state index contributed by atoms with van der Waals surface area (Å²) in [4.78, 5) is 21.7. The summed E-state index contributed by atoms with van der Waals surface area (Å²) in [5.41, 5.74) is 4.98. The van der Waals surface area contributed by atoms with Crippen molar-refractivity contribution in [1.82, 2.24) is 20.2 Å². The van der Waals surface area contributed by atoms with Crippen LogP contribution in [0.25, 0.3) is 0 Å². The van der Waals surface area contributed by atoms with Crippen LogP contribution in [-0.2, 0) is 27.3 Å². The summed E-state index contributed by atoms with van der Waals surface area (Å²) in [5.74, 6) is -0.777. The molecule has 0 aromatic carbocycles. The molecule has 1 amide bonds. The lowest BCUT2D eigenvalue weighted by atomic mass is 10.4. The molecule has 0 saturated carbocycles. The Hall–Kier alpha value is -1.99. The maximum Gasteiger partial charge on any atom is 0.327 e. The molecule has 0 aliphatic carbocycles. The van der Waals surface area contributed by atoms with Crippen LogP contribution < -0.4 is 5.73 Å². The van der Waals surface area contributed by atoms with E-state index in [0.29, 0.717) is 0 Å². The number of aromatic nitrogens is 4. The van der Waals surface area contributed by atoms with E-state index in [4.69, 9.17) is 10.5 Å². The first-order chi connectivity index (χ1) is 7.13. The van der Waals surface area contributed by atoms with Crippen LogP contribution in [-0.4, -0.2) is 38.7 Å². The van der Waals surface area contributed by atoms with Crippen molar-refractivity contribution in [2.24, 2.45) is 5.73 Å². The van der Waals surface area contributed by atoms with Crippen LogP contribution >= 0.6 is 0 Å². The molecule has 15 heavy (non-hydrogen) atoms. The first kappa shape index (κ1) is 11.1. The van der Waals surface area contributed by atoms with Gasteiger partial charge in [-0.1, -0.05) is 0 Å². The fourth-order valence-electron chi connectivity index (χ4n) is 0.957. The van der Waals surface area contributed by atoms with Crippen molar-refractivity contribution in [1.29, 1.82) is 0 Å². The molecule has 1 aromatic rings. The lowest BCUT2D eigenvalue weighted by molar-refractivity contribution is -0.144. The predicted molar refractivity (Wildman–Crippen MR) is 47.3 cm³/mol. The number of hydrogen-bond acceptors (Lipinski definition) is 6. The maximum atomic E-state index is 11.1. The van der Waals surface area contributed by atoms with Crippen molar-refractivity contribution >= 4 is 11.9 Å². The molecule has 1 aromatic heterocycles. The molecular formula is C7H11N5O3. The molecule has 8 heteroatoms. The number of hydrogen-bond donors (Lipinski definition) is 1. The number of esters is 1. The zero-order valence-electron chi connectivity index (χ0n) is 8.21. The second-order valence-electron chi connectivity index (χ2n) is 2.70. The number of nitrogens with two attached hydrogens (primary N) is 1. The van der Waals surface area contributed by atoms with Gasteiger partial charge in [0.25, 0.3) is 0 Å². The van der Waals surface area contributed by atoms with E-state index in [1.165, 1.54) is 4.68 Å². The smallest absolute Gasteiger partial charge is 0.327 e. The Labute approximate surface area is 85.4 Å². The summed E-state index contributed by atoms with van der Waals surface area (Å²) in [6.45, 7) is 1.86. The van der Waals surface area contributed by atoms with Gasteiger partial charge < -0.3 is 10.5 Å². The lowest BCUT2D eigenvalue weighted by Crippen LogP contribution is -2.21. The number of rotatable bonds is 5. The number of nitrogens with zero attached hydrogens (tertiary/aromatic N) is 4. The summed E-state index contributed by atoms with van der Waals surface area (Å²) in [5, 5.41) is 10.4. The number of carbonyl (C=O) groups is 2. The van der Waals surface area contributed by atoms with E-state index in [9.17, 15) is 9.59 Å². The maximum absolute atomic E-state index is 11.1. The molecule has 1 heterocycles. The molecule has 0 aliphatic rings. The van der Waals surface area contributed by atoms with Crippen molar-refractivity contribution in [3.8, 4) is 0 Å². The standard InChI is InChI=1S/C7H11N5O3/c1-2-15-7(14)4-12-6(3-5(8)13)9-10-11-12/h2-4H2,1H3,(H2,8,13). The molecule has 0 saturated heterocycles. The second kappa shape index (κ2) is 5.03. The monoisotopic (exact) mass is 213 g/mol. The van der Waals surface area contributed by atoms with Crippen molar-refractivity contribution in [2.75, 3.05) is 6.61 Å². The summed E-state index contributed by atoms with van der Waals surface area (Å²) in [6, 6.07) is 0. The summed E-state index contributed by atoms with van der Waals surface area (Å²) in [6.07, 6.45) is -0.105. The number of carbonyl (C=O) groups excluding carboxylic acids is 2. The Bertz CT molecular complexity index is 361. The van der Waals surface area contributed by atoms with Crippen LogP contribution in [0.3, 0.4) is 0 Å². The molecule has 0 spiro atoms. The Morgan fingerprint density at radius 2 is 2.27 bits per heavy atom. The third-order valence-corrected chi connectivity index (χ3v) is 1.52. The van der Waals surface area contributed by atoms with E-state index in [1.54, 1.807) is 6.92 Å². The first-order valence-corrected chi connectivity index (χ1v) is 4.32. The summed E-state index contributed by atoms with van der Waals surface area (Å²) >= 11 is 0. The molecule has 0 atom stereocenters. The van der Waals surface area contributed by atoms with Gasteiger partial charge in [-0.25, -0.2) is 4.68 Å². The second-order valence-corrected chi connectivity index (χ2v) is 2.70. The van der Waals surface area contributed by atoms with Crippen LogP contribution in [0.15, 0.2) is 0 Å². The lowest BCUT2D eigenvalue weighted by Gasteiger charge is -2.02. The van der Waals surface area contributed by atoms with Gasteiger partial charge in [-0.2, -0.15) is 0 Å². The molecule has 1 rings (SSSR count). The van der Waals surface area contributed by atoms with E-state index in [1.807, 2.05) is 0 Å². The predicted octanol–water partition coefficient (Wildman–Crippen LogP) is -1.74. The normalized spacial score (nSPS) is 9.93. The Morgan fingerprint density at radius 3 is 2.87 bits per heavy atom. The minimum Gasteiger partial charge on any atom is -0.465 e. The van der Waals surface area contributed by atoms with Crippen LogP contribution in [0.1, 0.15) is 12.7 Å². The fraction of sp³-hybridized carbons (Fsp3) is 0.571. The highest BCUT2D eigenvalue weighted by atomic mass is 16.5. The molecule has 8 nitrogen and oxygen atoms in total. The molecule has 0 bridgehead atoms. The van der Waals surface area contributed by atoms with Gasteiger partial charge in [0.15, 0.2) is 5.82 Å². The van der Waals surface area contributed by atoms with Crippen LogP contribution in [0, 0.1) is 0 Å². The molecule has 0 unspecified atom stereocenters. The molecule has 0 radical (unpaired) electrons. The van der Waals surface area contributed by atoms with Crippen LogP contribution in [0.4, 0.5) is 0 Å². The van der Waals surface area contributed by atoms with Gasteiger partial charge in [0.1, 0.15) is 6.54 Å². The van der Waals surface area contributed by atoms with E-state index < -0.39 is 11.9 Å². The number of amides is 1. The highest BCUT2D eigenvalue weighted by Crippen LogP contribution is 1.94. The van der Waals surface area contributed by atoms with E-state index in [0.717, 1.165) is 0 Å². The van der Waals surface area contributed by atoms with Gasteiger partial charge in [-0.05, 0) is 17.4 Å². The van der Waals surface area contributed by atoms with Gasteiger partial charge in [-0.15, -0.1) is 5.10 Å². The van der Waals surface area contributed by atoms with E-state index in [-0.39, 0.29) is 25.4 Å². The van der Waals surface area contributed by atoms with Crippen molar-refractivity contribution in [2.45, 2.75) is 19.9 Å². The summed E-state index contributed by atoms with van der Waals surface area (Å²) in [7, 11) is 0. The van der Waals surface area contributed by atoms with E-state index in [2.05, 4.69) is 15.5 Å². The molecular weight excluding hydrogens is 202 g/mol. The molecule has 0 fully saturated rings. The zero-order chi connectivity index (χ0) is 11.3. The van der Waals surface area contributed by atoms with Gasteiger partial charge in [0.2, 0.25) is 5.91 Å². The minimum atomic E-state index is -0.560. The largest absolute Gasteiger partial charge is 0.465 e. The van der Waals surface area contributed by atoms with Crippen LogP contribution in [0.5, 0.6) is 0 Å². The number of tetrazole rings is 1.